The molecule has 11 heteroatoms. The van der Waals surface area contributed by atoms with E-state index >= 15 is 0 Å². The molecule has 8 nitrogen and oxygen atoms in total. The lowest BCUT2D eigenvalue weighted by molar-refractivity contribution is -0.119. The lowest BCUT2D eigenvalue weighted by atomic mass is 10.2. The molecule has 0 aliphatic carbocycles. The number of rotatable bonds is 10. The second-order valence-electron chi connectivity index (χ2n) is 7.97. The summed E-state index contributed by atoms with van der Waals surface area (Å²) in [5.41, 5.74) is 3.95. The Labute approximate surface area is 230 Å². The molecule has 3 aromatic carbocycles. The third-order valence-electron chi connectivity index (χ3n) is 5.47. The van der Waals surface area contributed by atoms with Gasteiger partial charge in [0.2, 0.25) is 0 Å². The van der Waals surface area contributed by atoms with E-state index in [9.17, 15) is 13.2 Å². The van der Waals surface area contributed by atoms with Gasteiger partial charge in [-0.05, 0) is 73.8 Å². The van der Waals surface area contributed by atoms with Crippen LogP contribution in [0, 0.1) is 0 Å². The van der Waals surface area contributed by atoms with Crippen molar-refractivity contribution in [3.8, 4) is 5.75 Å². The predicted molar refractivity (Wildman–Crippen MR) is 153 cm³/mol. The number of hydrazone groups is 1. The highest BCUT2D eigenvalue weighted by molar-refractivity contribution is 7.98. The molecule has 1 amide bonds. The first kappa shape index (κ1) is 27.4. The molecule has 0 aliphatic heterocycles. The molecule has 1 N–H and O–H groups in total. The van der Waals surface area contributed by atoms with Crippen molar-refractivity contribution in [2.24, 2.45) is 5.10 Å². The van der Waals surface area contributed by atoms with E-state index < -0.39 is 22.5 Å². The summed E-state index contributed by atoms with van der Waals surface area (Å²) in [5, 5.41) is 5.07. The minimum atomic E-state index is -4.07. The number of pyridine rings is 1. The Kier molecular flexibility index (Phi) is 8.88. The Bertz CT molecular complexity index is 1560. The van der Waals surface area contributed by atoms with Crippen LogP contribution in [0.2, 0.25) is 5.15 Å². The fourth-order valence-corrected chi connectivity index (χ4v) is 5.63. The van der Waals surface area contributed by atoms with Crippen molar-refractivity contribution in [3.05, 3.63) is 89.6 Å². The summed E-state index contributed by atoms with van der Waals surface area (Å²) in [6, 6.07) is 22.3. The van der Waals surface area contributed by atoms with Crippen LogP contribution >= 0.6 is 23.4 Å². The molecule has 0 saturated carbocycles. The molecule has 0 bridgehead atoms. The number of hydrogen-bond donors (Lipinski definition) is 1. The number of hydrogen-bond acceptors (Lipinski definition) is 7. The van der Waals surface area contributed by atoms with Gasteiger partial charge in [-0.15, -0.1) is 11.8 Å². The van der Waals surface area contributed by atoms with E-state index in [4.69, 9.17) is 16.3 Å². The SMILES string of the molecule is CCOc1ccc(N(CC(=O)N/N=C/c2cc3ccccc3nc2Cl)S(=O)(=O)c2ccc(SC)cc2)cc1. The lowest BCUT2D eigenvalue weighted by Crippen LogP contribution is -2.39. The van der Waals surface area contributed by atoms with Gasteiger partial charge in [-0.2, -0.15) is 5.10 Å². The topological polar surface area (TPSA) is 101 Å². The number of aromatic nitrogens is 1. The number of thioether (sulfide) groups is 1. The average Bonchev–Trinajstić information content (AvgIpc) is 2.92. The number of sulfonamides is 1. The fourth-order valence-electron chi connectivity index (χ4n) is 3.60. The van der Waals surface area contributed by atoms with Crippen LogP contribution in [0.15, 0.2) is 93.8 Å². The molecule has 196 valence electrons. The molecule has 0 spiro atoms. The molecule has 4 rings (SSSR count). The van der Waals surface area contributed by atoms with E-state index in [1.807, 2.05) is 37.4 Å². The van der Waals surface area contributed by atoms with E-state index in [0.29, 0.717) is 23.6 Å². The Morgan fingerprint density at radius 1 is 1.11 bits per heavy atom. The van der Waals surface area contributed by atoms with Gasteiger partial charge in [0.05, 0.1) is 28.9 Å². The zero-order chi connectivity index (χ0) is 27.1. The van der Waals surface area contributed by atoms with E-state index in [2.05, 4.69) is 15.5 Å². The standard InChI is InChI=1S/C27H25ClN4O4S2/c1-3-36-22-10-8-21(9-11-22)32(38(34,35)24-14-12-23(37-2)13-15-24)18-26(33)31-29-17-20-16-19-6-4-5-7-25(19)30-27(20)28/h4-17H,3,18H2,1-2H3,(H,31,33)/b29-17+. The van der Waals surface area contributed by atoms with E-state index in [1.165, 1.54) is 30.1 Å². The van der Waals surface area contributed by atoms with Crippen molar-refractivity contribution in [3.63, 3.8) is 0 Å². The highest BCUT2D eigenvalue weighted by Gasteiger charge is 2.27. The Morgan fingerprint density at radius 3 is 2.50 bits per heavy atom. The maximum absolute atomic E-state index is 13.6. The third-order valence-corrected chi connectivity index (χ3v) is 8.30. The van der Waals surface area contributed by atoms with E-state index in [-0.39, 0.29) is 10.0 Å². The van der Waals surface area contributed by atoms with Gasteiger partial charge in [-0.3, -0.25) is 9.10 Å². The van der Waals surface area contributed by atoms with E-state index in [0.717, 1.165) is 20.1 Å². The number of amides is 1. The Hall–Kier alpha value is -3.60. The number of nitrogens with one attached hydrogen (secondary N) is 1. The van der Waals surface area contributed by atoms with Crippen molar-refractivity contribution in [1.29, 1.82) is 0 Å². The molecule has 0 saturated heterocycles. The predicted octanol–water partition coefficient (Wildman–Crippen LogP) is 5.35. The first-order chi connectivity index (χ1) is 18.3. The molecule has 0 fully saturated rings. The van der Waals surface area contributed by atoms with Crippen molar-refractivity contribution in [2.45, 2.75) is 16.7 Å². The van der Waals surface area contributed by atoms with Crippen LogP contribution in [0.4, 0.5) is 5.69 Å². The average molecular weight is 569 g/mol. The minimum absolute atomic E-state index is 0.0644. The number of benzene rings is 3. The molecular weight excluding hydrogens is 544 g/mol. The van der Waals surface area contributed by atoms with Gasteiger partial charge in [-0.1, -0.05) is 29.8 Å². The fraction of sp³-hybridized carbons (Fsp3) is 0.148. The van der Waals surface area contributed by atoms with Gasteiger partial charge >= 0.3 is 0 Å². The summed E-state index contributed by atoms with van der Waals surface area (Å²) in [5.74, 6) is -0.0443. The van der Waals surface area contributed by atoms with Crippen molar-refractivity contribution >= 4 is 62.1 Å². The van der Waals surface area contributed by atoms with Crippen LogP contribution in [-0.2, 0) is 14.8 Å². The van der Waals surface area contributed by atoms with Gasteiger partial charge in [-0.25, -0.2) is 18.8 Å². The first-order valence-corrected chi connectivity index (χ1v) is 14.6. The minimum Gasteiger partial charge on any atom is -0.494 e. The second kappa shape index (κ2) is 12.3. The molecule has 38 heavy (non-hydrogen) atoms. The molecular formula is C27H25ClN4O4S2. The summed E-state index contributed by atoms with van der Waals surface area (Å²) >= 11 is 7.76. The molecule has 1 aromatic heterocycles. The molecule has 0 unspecified atom stereocenters. The zero-order valence-corrected chi connectivity index (χ0v) is 23.1. The van der Waals surface area contributed by atoms with Gasteiger partial charge < -0.3 is 4.74 Å². The number of ether oxygens (including phenoxy) is 1. The summed E-state index contributed by atoms with van der Waals surface area (Å²) in [7, 11) is -4.07. The number of para-hydroxylation sites is 1. The third kappa shape index (κ3) is 6.45. The van der Waals surface area contributed by atoms with Crippen LogP contribution in [0.3, 0.4) is 0 Å². The van der Waals surface area contributed by atoms with Crippen molar-refractivity contribution < 1.29 is 17.9 Å². The molecule has 0 atom stereocenters. The Balaban J connectivity index is 1.57. The van der Waals surface area contributed by atoms with Gasteiger partial charge in [0.1, 0.15) is 17.4 Å². The van der Waals surface area contributed by atoms with Crippen LogP contribution in [0.25, 0.3) is 10.9 Å². The largest absolute Gasteiger partial charge is 0.494 e. The monoisotopic (exact) mass is 568 g/mol. The first-order valence-electron chi connectivity index (χ1n) is 11.6. The Morgan fingerprint density at radius 2 is 1.82 bits per heavy atom. The number of fused-ring (bicyclic) bond motifs is 1. The quantitative estimate of drug-likeness (QED) is 0.120. The lowest BCUT2D eigenvalue weighted by Gasteiger charge is -2.24. The van der Waals surface area contributed by atoms with Crippen LogP contribution < -0.4 is 14.5 Å². The summed E-state index contributed by atoms with van der Waals surface area (Å²) in [6.07, 6.45) is 3.28. The number of carbonyl (C=O) groups is 1. The summed E-state index contributed by atoms with van der Waals surface area (Å²) in [4.78, 5) is 18.2. The maximum atomic E-state index is 13.6. The number of carbonyl (C=O) groups excluding carboxylic acids is 1. The normalized spacial score (nSPS) is 11.6. The highest BCUT2D eigenvalue weighted by Crippen LogP contribution is 2.27. The summed E-state index contributed by atoms with van der Waals surface area (Å²) in [6.45, 7) is 1.83. The van der Waals surface area contributed by atoms with Crippen molar-refractivity contribution in [1.82, 2.24) is 10.4 Å². The molecule has 4 aromatic rings. The number of halogens is 1. The smallest absolute Gasteiger partial charge is 0.264 e. The van der Waals surface area contributed by atoms with Crippen LogP contribution in [0.5, 0.6) is 5.75 Å². The van der Waals surface area contributed by atoms with Crippen LogP contribution in [-0.4, -0.2) is 44.9 Å². The molecule has 0 radical (unpaired) electrons. The molecule has 1 heterocycles. The number of nitrogens with zero attached hydrogens (tertiary/aromatic N) is 3. The molecule has 0 aliphatic rings. The van der Waals surface area contributed by atoms with Gasteiger partial charge in [0.15, 0.2) is 0 Å². The second-order valence-corrected chi connectivity index (χ2v) is 11.1. The highest BCUT2D eigenvalue weighted by atomic mass is 35.5. The van der Waals surface area contributed by atoms with E-state index in [1.54, 1.807) is 42.5 Å². The maximum Gasteiger partial charge on any atom is 0.264 e. The zero-order valence-electron chi connectivity index (χ0n) is 20.7. The summed E-state index contributed by atoms with van der Waals surface area (Å²) < 4.78 is 33.7. The van der Waals surface area contributed by atoms with Gasteiger partial charge in [0.25, 0.3) is 15.9 Å². The number of anilines is 1. The van der Waals surface area contributed by atoms with Crippen molar-refractivity contribution in [2.75, 3.05) is 23.7 Å². The van der Waals surface area contributed by atoms with Crippen LogP contribution in [0.1, 0.15) is 12.5 Å². The van der Waals surface area contributed by atoms with Gasteiger partial charge in [0, 0.05) is 15.8 Å².